The van der Waals surface area contributed by atoms with Crippen molar-refractivity contribution in [3.63, 3.8) is 0 Å². The van der Waals surface area contributed by atoms with Crippen LogP contribution in [0.1, 0.15) is 10.4 Å². The summed E-state index contributed by atoms with van der Waals surface area (Å²) in [7, 11) is 0. The van der Waals surface area contributed by atoms with Crippen LogP contribution in [0.25, 0.3) is 0 Å². The molecule has 92 valence electrons. The summed E-state index contributed by atoms with van der Waals surface area (Å²) in [6.45, 7) is 0.0578. The number of nitrogens with one attached hydrogen (secondary N) is 1. The molecule has 0 aromatic heterocycles. The van der Waals surface area contributed by atoms with Crippen molar-refractivity contribution in [1.29, 1.82) is 5.26 Å². The number of hydrogen-bond acceptors (Lipinski definition) is 3. The van der Waals surface area contributed by atoms with Crippen molar-refractivity contribution in [3.05, 3.63) is 34.3 Å². The van der Waals surface area contributed by atoms with Crippen LogP contribution in [0.3, 0.4) is 0 Å². The van der Waals surface area contributed by atoms with Gasteiger partial charge in [-0.05, 0) is 23.0 Å². The number of carbonyl (C=O) groups is 1. The number of amides is 1. The molecular formula is C12H8Br2N2O2. The van der Waals surface area contributed by atoms with Crippen LogP contribution in [0, 0.1) is 22.1 Å². The van der Waals surface area contributed by atoms with Gasteiger partial charge in [0, 0.05) is 26.0 Å². The molecule has 0 saturated carbocycles. The van der Waals surface area contributed by atoms with Crippen LogP contribution in [0.5, 0.6) is 0 Å². The molecule has 0 saturated heterocycles. The maximum absolute atomic E-state index is 11.8. The summed E-state index contributed by atoms with van der Waals surface area (Å²) >= 11 is 6.17. The lowest BCUT2D eigenvalue weighted by atomic mass is 10.2. The fraction of sp³-hybridized carbons (Fsp3) is 0.167. The van der Waals surface area contributed by atoms with Gasteiger partial charge >= 0.3 is 0 Å². The first-order valence-corrected chi connectivity index (χ1v) is 6.42. The van der Waals surface area contributed by atoms with Crippen LogP contribution in [-0.2, 0) is 4.74 Å². The van der Waals surface area contributed by atoms with E-state index < -0.39 is 6.23 Å². The van der Waals surface area contributed by atoms with Gasteiger partial charge < -0.3 is 10.1 Å². The second-order valence-corrected chi connectivity index (χ2v) is 4.39. The highest BCUT2D eigenvalue weighted by molar-refractivity contribution is 9.12. The first-order valence-electron chi connectivity index (χ1n) is 4.83. The third kappa shape index (κ3) is 4.89. The van der Waals surface area contributed by atoms with E-state index in [1.807, 2.05) is 6.07 Å². The summed E-state index contributed by atoms with van der Waals surface area (Å²) in [5.41, 5.74) is 0.444. The molecule has 0 heterocycles. The molecule has 1 N–H and O–H groups in total. The molecule has 0 radical (unpaired) electrons. The fourth-order valence-corrected chi connectivity index (χ4v) is 1.61. The maximum Gasteiger partial charge on any atom is 0.254 e. The molecule has 0 spiro atoms. The lowest BCUT2D eigenvalue weighted by Gasteiger charge is -2.10. The molecule has 0 fully saturated rings. The molecule has 0 aliphatic rings. The Morgan fingerprint density at radius 2 is 2.33 bits per heavy atom. The van der Waals surface area contributed by atoms with Gasteiger partial charge in [-0.15, -0.1) is 0 Å². The average Bonchev–Trinajstić information content (AvgIpc) is 2.37. The van der Waals surface area contributed by atoms with E-state index in [0.717, 1.165) is 4.47 Å². The highest BCUT2D eigenvalue weighted by Gasteiger charge is 2.12. The molecule has 1 aromatic carbocycles. The zero-order valence-corrected chi connectivity index (χ0v) is 12.3. The Morgan fingerprint density at radius 1 is 1.56 bits per heavy atom. The van der Waals surface area contributed by atoms with E-state index in [1.54, 1.807) is 24.3 Å². The van der Waals surface area contributed by atoms with E-state index in [1.165, 1.54) is 0 Å². The molecule has 1 aromatic rings. The standard InChI is InChI=1S/C12H8Br2N2O2/c13-5-2-6-18-11(8-15)16-12(17)9-3-1-4-10(14)7-9/h1,3-4,7,11H,6H2,(H,16,17). The van der Waals surface area contributed by atoms with Crippen molar-refractivity contribution in [1.82, 2.24) is 5.32 Å². The van der Waals surface area contributed by atoms with Gasteiger partial charge in [0.25, 0.3) is 5.91 Å². The third-order valence-corrected chi connectivity index (χ3v) is 2.63. The zero-order valence-electron chi connectivity index (χ0n) is 9.11. The molecule has 1 atom stereocenters. The van der Waals surface area contributed by atoms with Gasteiger partial charge in [0.2, 0.25) is 6.23 Å². The van der Waals surface area contributed by atoms with Crippen molar-refractivity contribution in [2.24, 2.45) is 0 Å². The number of rotatable bonds is 4. The highest BCUT2D eigenvalue weighted by Crippen LogP contribution is 2.11. The molecule has 4 nitrogen and oxygen atoms in total. The zero-order chi connectivity index (χ0) is 13.4. The van der Waals surface area contributed by atoms with Gasteiger partial charge in [-0.25, -0.2) is 0 Å². The van der Waals surface area contributed by atoms with Crippen LogP contribution < -0.4 is 5.32 Å². The van der Waals surface area contributed by atoms with Crippen LogP contribution in [0.4, 0.5) is 0 Å². The molecule has 0 aliphatic heterocycles. The number of ether oxygens (including phenoxy) is 1. The summed E-state index contributed by atoms with van der Waals surface area (Å²) in [4.78, 5) is 14.2. The van der Waals surface area contributed by atoms with Crippen LogP contribution in [0.15, 0.2) is 28.7 Å². The summed E-state index contributed by atoms with van der Waals surface area (Å²) in [6, 6.07) is 8.67. The number of halogens is 2. The normalized spacial score (nSPS) is 10.7. The molecule has 18 heavy (non-hydrogen) atoms. The SMILES string of the molecule is N#CC(NC(=O)c1cccc(Br)c1)OCC#CBr. The van der Waals surface area contributed by atoms with Gasteiger partial charge in [-0.3, -0.25) is 4.79 Å². The van der Waals surface area contributed by atoms with Crippen LogP contribution >= 0.6 is 31.9 Å². The molecule has 1 amide bonds. The van der Waals surface area contributed by atoms with Crippen LogP contribution in [0.2, 0.25) is 0 Å². The topological polar surface area (TPSA) is 62.1 Å². The Morgan fingerprint density at radius 3 is 2.94 bits per heavy atom. The molecular weight excluding hydrogens is 364 g/mol. The van der Waals surface area contributed by atoms with Gasteiger partial charge in [0.05, 0.1) is 0 Å². The predicted octanol–water partition coefficient (Wildman–Crippen LogP) is 2.40. The highest BCUT2D eigenvalue weighted by atomic mass is 79.9. The largest absolute Gasteiger partial charge is 0.332 e. The summed E-state index contributed by atoms with van der Waals surface area (Å²) < 4.78 is 5.83. The van der Waals surface area contributed by atoms with Crippen molar-refractivity contribution in [2.75, 3.05) is 6.61 Å². The molecule has 1 rings (SSSR count). The average molecular weight is 372 g/mol. The van der Waals surface area contributed by atoms with Crippen molar-refractivity contribution >= 4 is 37.8 Å². The minimum absolute atomic E-state index is 0.0578. The summed E-state index contributed by atoms with van der Waals surface area (Å²) in [6.07, 6.45) is -1.02. The lowest BCUT2D eigenvalue weighted by Crippen LogP contribution is -2.35. The summed E-state index contributed by atoms with van der Waals surface area (Å²) in [5, 5.41) is 11.3. The lowest BCUT2D eigenvalue weighted by molar-refractivity contribution is 0.0685. The first kappa shape index (κ1) is 14.7. The van der Waals surface area contributed by atoms with E-state index in [4.69, 9.17) is 10.00 Å². The fourth-order valence-electron chi connectivity index (χ4n) is 1.10. The second kappa shape index (κ2) is 7.88. The Labute approximate surface area is 122 Å². The molecule has 0 bridgehead atoms. The number of benzene rings is 1. The van der Waals surface area contributed by atoms with E-state index in [-0.39, 0.29) is 12.5 Å². The Balaban J connectivity index is 2.62. The van der Waals surface area contributed by atoms with E-state index >= 15 is 0 Å². The van der Waals surface area contributed by atoms with Crippen molar-refractivity contribution in [3.8, 4) is 16.8 Å². The minimum atomic E-state index is -1.02. The van der Waals surface area contributed by atoms with E-state index in [9.17, 15) is 4.79 Å². The Hall–Kier alpha value is -1.34. The number of carbonyl (C=O) groups excluding carboxylic acids is 1. The molecule has 1 unspecified atom stereocenters. The first-order chi connectivity index (χ1) is 8.67. The number of hydrogen-bond donors (Lipinski definition) is 1. The van der Waals surface area contributed by atoms with Gasteiger partial charge in [0.1, 0.15) is 12.7 Å². The Bertz CT molecular complexity index is 529. The molecule has 6 heteroatoms. The van der Waals surface area contributed by atoms with Crippen LogP contribution in [-0.4, -0.2) is 18.7 Å². The predicted molar refractivity (Wildman–Crippen MR) is 73.7 cm³/mol. The van der Waals surface area contributed by atoms with Gasteiger partial charge in [-0.2, -0.15) is 5.26 Å². The van der Waals surface area contributed by atoms with Crippen molar-refractivity contribution < 1.29 is 9.53 Å². The maximum atomic E-state index is 11.8. The monoisotopic (exact) mass is 370 g/mol. The quantitative estimate of drug-likeness (QED) is 0.653. The Kier molecular flexibility index (Phi) is 6.45. The minimum Gasteiger partial charge on any atom is -0.332 e. The van der Waals surface area contributed by atoms with E-state index in [2.05, 4.69) is 47.9 Å². The molecule has 0 aliphatic carbocycles. The third-order valence-electron chi connectivity index (χ3n) is 1.86. The van der Waals surface area contributed by atoms with Crippen molar-refractivity contribution in [2.45, 2.75) is 6.23 Å². The smallest absolute Gasteiger partial charge is 0.254 e. The van der Waals surface area contributed by atoms with Gasteiger partial charge in [0.15, 0.2) is 0 Å². The van der Waals surface area contributed by atoms with Gasteiger partial charge in [-0.1, -0.05) is 27.9 Å². The summed E-state index contributed by atoms with van der Waals surface area (Å²) in [5.74, 6) is 2.19. The van der Waals surface area contributed by atoms with E-state index in [0.29, 0.717) is 5.56 Å². The second-order valence-electron chi connectivity index (χ2n) is 3.08. The number of nitrogens with zero attached hydrogens (tertiary/aromatic N) is 1. The number of nitriles is 1.